The molecule has 0 amide bonds. The van der Waals surface area contributed by atoms with Crippen LogP contribution in [0.5, 0.6) is 0 Å². The van der Waals surface area contributed by atoms with Gasteiger partial charge in [-0.15, -0.1) is 0 Å². The number of nitrogens with zero attached hydrogens (tertiary/aromatic N) is 1. The second kappa shape index (κ2) is 67.3. The van der Waals surface area contributed by atoms with E-state index in [0.29, 0.717) is 17.4 Å². The average Bonchev–Trinajstić information content (AvgIpc) is 3.68. The van der Waals surface area contributed by atoms with Crippen molar-refractivity contribution in [2.24, 2.45) is 0 Å². The Morgan fingerprint density at radius 1 is 0.364 bits per heavy atom. The zero-order chi connectivity index (χ0) is 64.1. The molecule has 10 heteroatoms. The second-order valence-corrected chi connectivity index (χ2v) is 26.0. The summed E-state index contributed by atoms with van der Waals surface area (Å²) in [6, 6.07) is 0. The van der Waals surface area contributed by atoms with Gasteiger partial charge in [-0.25, -0.2) is 4.57 Å². The molecule has 2 unspecified atom stereocenters. The Labute approximate surface area is 542 Å². The lowest BCUT2D eigenvalue weighted by molar-refractivity contribution is -0.870. The summed E-state index contributed by atoms with van der Waals surface area (Å²) in [6.45, 7) is 4.27. The van der Waals surface area contributed by atoms with Crippen LogP contribution in [0.1, 0.15) is 284 Å². The molecule has 0 aromatic rings. The highest BCUT2D eigenvalue weighted by atomic mass is 31.2. The Hall–Kier alpha value is -4.11. The zero-order valence-corrected chi connectivity index (χ0v) is 58.1. The number of hydrogen-bond acceptors (Lipinski definition) is 7. The number of quaternary nitrogens is 1. The molecule has 0 aliphatic carbocycles. The molecule has 88 heavy (non-hydrogen) atoms. The van der Waals surface area contributed by atoms with E-state index in [9.17, 15) is 19.0 Å². The Bertz CT molecular complexity index is 2000. The van der Waals surface area contributed by atoms with Gasteiger partial charge >= 0.3 is 19.8 Å². The Kier molecular flexibility index (Phi) is 64.1. The van der Waals surface area contributed by atoms with Crippen LogP contribution >= 0.6 is 7.82 Å². The zero-order valence-electron chi connectivity index (χ0n) is 57.2. The van der Waals surface area contributed by atoms with Crippen LogP contribution in [0.25, 0.3) is 0 Å². The van der Waals surface area contributed by atoms with Gasteiger partial charge in [-0.2, -0.15) is 0 Å². The molecule has 0 aliphatic heterocycles. The molecule has 9 nitrogen and oxygen atoms in total. The third kappa shape index (κ3) is 71.0. The third-order valence-electron chi connectivity index (χ3n) is 14.9. The normalized spacial score (nSPS) is 14.0. The van der Waals surface area contributed by atoms with Crippen molar-refractivity contribution in [3.63, 3.8) is 0 Å². The van der Waals surface area contributed by atoms with Crippen LogP contribution in [-0.2, 0) is 32.7 Å². The van der Waals surface area contributed by atoms with E-state index in [2.05, 4.69) is 160 Å². The molecule has 0 aromatic carbocycles. The Morgan fingerprint density at radius 2 is 0.648 bits per heavy atom. The Morgan fingerprint density at radius 3 is 0.977 bits per heavy atom. The number of phosphoric ester groups is 1. The van der Waals surface area contributed by atoms with Crippen LogP contribution in [0, 0.1) is 0 Å². The number of phosphoric acid groups is 1. The van der Waals surface area contributed by atoms with E-state index in [4.69, 9.17) is 18.5 Å². The summed E-state index contributed by atoms with van der Waals surface area (Å²) in [4.78, 5) is 35.9. The van der Waals surface area contributed by atoms with E-state index in [0.717, 1.165) is 109 Å². The maximum atomic E-state index is 12.9. The number of unbranched alkanes of at least 4 members (excludes halogenated alkanes) is 26. The predicted octanol–water partition coefficient (Wildman–Crippen LogP) is 23.4. The molecule has 0 aliphatic rings. The monoisotopic (exact) mass is 1240 g/mol. The molecule has 0 fully saturated rings. The third-order valence-corrected chi connectivity index (χ3v) is 15.8. The van der Waals surface area contributed by atoms with Gasteiger partial charge in [0.05, 0.1) is 27.7 Å². The van der Waals surface area contributed by atoms with E-state index in [1.807, 2.05) is 21.1 Å². The van der Waals surface area contributed by atoms with E-state index in [1.165, 1.54) is 141 Å². The van der Waals surface area contributed by atoms with Crippen LogP contribution in [-0.4, -0.2) is 74.9 Å². The summed E-state index contributed by atoms with van der Waals surface area (Å²) in [7, 11) is 1.44. The fraction of sp³-hybridized carbons (Fsp3) is 0.667. The van der Waals surface area contributed by atoms with Crippen molar-refractivity contribution in [2.45, 2.75) is 290 Å². The molecule has 0 radical (unpaired) electrons. The highest BCUT2D eigenvalue weighted by Crippen LogP contribution is 2.43. The largest absolute Gasteiger partial charge is 0.472 e. The first-order valence-corrected chi connectivity index (χ1v) is 37.1. The topological polar surface area (TPSA) is 108 Å². The predicted molar refractivity (Wildman–Crippen MR) is 380 cm³/mol. The van der Waals surface area contributed by atoms with Crippen molar-refractivity contribution in [3.8, 4) is 0 Å². The number of hydrogen-bond donors (Lipinski definition) is 1. The molecule has 0 aromatic heterocycles. The molecule has 0 saturated heterocycles. The maximum Gasteiger partial charge on any atom is 0.472 e. The summed E-state index contributed by atoms with van der Waals surface area (Å²) in [5.74, 6) is -0.838. The van der Waals surface area contributed by atoms with Crippen LogP contribution in [0.15, 0.2) is 146 Å². The smallest absolute Gasteiger partial charge is 0.462 e. The average molecular weight is 1240 g/mol. The quantitative estimate of drug-likeness (QED) is 0.0211. The van der Waals surface area contributed by atoms with Crippen molar-refractivity contribution in [1.82, 2.24) is 0 Å². The van der Waals surface area contributed by atoms with Gasteiger partial charge in [-0.05, 0) is 122 Å². The summed E-state index contributed by atoms with van der Waals surface area (Å²) >= 11 is 0. The number of carbonyl (C=O) groups is 2. The molecule has 0 saturated carbocycles. The fourth-order valence-corrected chi connectivity index (χ4v) is 10.2. The molecule has 0 bridgehead atoms. The minimum absolute atomic E-state index is 0.0179. The maximum absolute atomic E-state index is 12.9. The lowest BCUT2D eigenvalue weighted by Crippen LogP contribution is -2.37. The van der Waals surface area contributed by atoms with Crippen molar-refractivity contribution in [3.05, 3.63) is 146 Å². The molecule has 502 valence electrons. The van der Waals surface area contributed by atoms with Crippen molar-refractivity contribution >= 4 is 19.8 Å². The standard InChI is InChI=1S/C78H132NO8P/c1-6-8-10-12-14-16-18-20-22-24-26-28-30-32-34-36-38-39-41-42-44-46-48-50-52-54-56-58-60-62-64-66-68-70-77(80)84-74-76(75-86-88(82,83)85-73-72-79(3,4)5)87-78(81)71-69-67-65-63-61-59-57-55-53-51-49-47-45-43-40-37-35-33-31-29-27-25-23-21-19-17-15-13-11-9-7-2/h9,11,15,17-18,20-21,23-24,26-27,29-30,32-33,35,40,43,47,49,53,55,59,61,76H,6-8,10,12-14,16,19,22,25,28,31,34,36-39,41-42,44-46,48,50-52,54,56-58,60,62-75H2,1-5H3/p+1/b11-9-,17-15-,20-18-,23-21-,26-24-,29-27-,32-30-,35-33-,43-40-,49-47-,55-53-,61-59-. The van der Waals surface area contributed by atoms with Gasteiger partial charge in [-0.1, -0.05) is 295 Å². The highest BCUT2D eigenvalue weighted by Gasteiger charge is 2.27. The van der Waals surface area contributed by atoms with Gasteiger partial charge in [0.25, 0.3) is 0 Å². The second-order valence-electron chi connectivity index (χ2n) is 24.5. The van der Waals surface area contributed by atoms with Crippen LogP contribution in [0.4, 0.5) is 0 Å². The number of rotatable bonds is 64. The number of esters is 2. The first-order chi connectivity index (χ1) is 43.0. The number of ether oxygens (including phenoxy) is 2. The van der Waals surface area contributed by atoms with Gasteiger partial charge < -0.3 is 18.9 Å². The van der Waals surface area contributed by atoms with Gasteiger partial charge in [0.1, 0.15) is 19.8 Å². The summed E-state index contributed by atoms with van der Waals surface area (Å²) in [6.07, 6.45) is 99.5. The molecule has 1 N–H and O–H groups in total. The first kappa shape index (κ1) is 83.9. The first-order valence-electron chi connectivity index (χ1n) is 35.6. The highest BCUT2D eigenvalue weighted by molar-refractivity contribution is 7.47. The summed E-state index contributed by atoms with van der Waals surface area (Å²) < 4.78 is 34.7. The van der Waals surface area contributed by atoms with Gasteiger partial charge in [-0.3, -0.25) is 18.6 Å². The lowest BCUT2D eigenvalue weighted by Gasteiger charge is -2.24. The summed E-state index contributed by atoms with van der Waals surface area (Å²) in [5.41, 5.74) is 0. The molecule has 0 spiro atoms. The number of likely N-dealkylation sites (N-methyl/N-ethyl adjacent to an activating group) is 1. The van der Waals surface area contributed by atoms with Gasteiger partial charge in [0, 0.05) is 12.8 Å². The minimum Gasteiger partial charge on any atom is -0.462 e. The minimum atomic E-state index is -4.41. The molecular formula is C78H133NO8P+. The fourth-order valence-electron chi connectivity index (χ4n) is 9.43. The van der Waals surface area contributed by atoms with Gasteiger partial charge in [0.2, 0.25) is 0 Å². The molecule has 0 rings (SSSR count). The summed E-state index contributed by atoms with van der Waals surface area (Å²) in [5, 5.41) is 0. The van der Waals surface area contributed by atoms with Gasteiger partial charge in [0.15, 0.2) is 6.10 Å². The van der Waals surface area contributed by atoms with Crippen LogP contribution in [0.3, 0.4) is 0 Å². The number of carbonyl (C=O) groups excluding carboxylic acids is 2. The van der Waals surface area contributed by atoms with E-state index in [-0.39, 0.29) is 32.0 Å². The molecule has 0 heterocycles. The van der Waals surface area contributed by atoms with Crippen molar-refractivity contribution in [1.29, 1.82) is 0 Å². The van der Waals surface area contributed by atoms with Crippen LogP contribution < -0.4 is 0 Å². The molecule has 2 atom stereocenters. The molecular weight excluding hydrogens is 1110 g/mol. The number of allylic oxidation sites excluding steroid dienone is 24. The van der Waals surface area contributed by atoms with Crippen LogP contribution in [0.2, 0.25) is 0 Å². The van der Waals surface area contributed by atoms with E-state index >= 15 is 0 Å². The van der Waals surface area contributed by atoms with Crippen molar-refractivity contribution < 1.29 is 42.1 Å². The SMILES string of the molecule is CC/C=C\C/C=C\C/C=C\C/C=C\C/C=C\C/C=C\C/C=C\C/C=C\C/C=C\CCCCCC(=O)OC(COC(=O)CCCCCCCCCCCCCCCCCCCC/C=C\C/C=C\C/C=C\CCCCCCC)COP(=O)(O)OCC[N+](C)(C)C. The van der Waals surface area contributed by atoms with Crippen molar-refractivity contribution in [2.75, 3.05) is 47.5 Å². The lowest BCUT2D eigenvalue weighted by atomic mass is 10.0. The Balaban J connectivity index is 4.14. The van der Waals surface area contributed by atoms with E-state index < -0.39 is 26.5 Å². The van der Waals surface area contributed by atoms with E-state index in [1.54, 1.807) is 0 Å².